The van der Waals surface area contributed by atoms with Crippen molar-refractivity contribution < 1.29 is 4.74 Å². The van der Waals surface area contributed by atoms with E-state index >= 15 is 0 Å². The van der Waals surface area contributed by atoms with Crippen molar-refractivity contribution in [1.82, 2.24) is 4.90 Å². The van der Waals surface area contributed by atoms with E-state index in [2.05, 4.69) is 18.7 Å². The van der Waals surface area contributed by atoms with Crippen LogP contribution in [0.25, 0.3) is 0 Å². The van der Waals surface area contributed by atoms with Gasteiger partial charge in [0.1, 0.15) is 0 Å². The van der Waals surface area contributed by atoms with E-state index in [-0.39, 0.29) is 6.17 Å². The summed E-state index contributed by atoms with van der Waals surface area (Å²) in [5.74, 6) is 0.683. The lowest BCUT2D eigenvalue weighted by atomic mass is 10.1. The molecule has 2 N–H and O–H groups in total. The SMILES string of the molecule is CC(C)CC(N)N1CCOCC1. The maximum atomic E-state index is 6.02. The summed E-state index contributed by atoms with van der Waals surface area (Å²) in [4.78, 5) is 2.31. The van der Waals surface area contributed by atoms with Crippen molar-refractivity contribution in [2.24, 2.45) is 11.7 Å². The molecule has 3 nitrogen and oxygen atoms in total. The largest absolute Gasteiger partial charge is 0.379 e. The molecule has 0 spiro atoms. The lowest BCUT2D eigenvalue weighted by Gasteiger charge is -2.32. The Morgan fingerprint density at radius 2 is 1.92 bits per heavy atom. The Labute approximate surface area is 74.9 Å². The summed E-state index contributed by atoms with van der Waals surface area (Å²) in [5, 5.41) is 0. The fraction of sp³-hybridized carbons (Fsp3) is 1.00. The Morgan fingerprint density at radius 1 is 1.33 bits per heavy atom. The Kier molecular flexibility index (Phi) is 3.98. The highest BCUT2D eigenvalue weighted by molar-refractivity contribution is 4.69. The van der Waals surface area contributed by atoms with Gasteiger partial charge in [0.25, 0.3) is 0 Å². The Morgan fingerprint density at radius 3 is 2.42 bits per heavy atom. The summed E-state index contributed by atoms with van der Waals surface area (Å²) >= 11 is 0. The number of nitrogens with two attached hydrogens (primary N) is 1. The van der Waals surface area contributed by atoms with Crippen LogP contribution in [0.5, 0.6) is 0 Å². The van der Waals surface area contributed by atoms with Gasteiger partial charge in [-0.2, -0.15) is 0 Å². The van der Waals surface area contributed by atoms with Gasteiger partial charge < -0.3 is 10.5 Å². The predicted molar refractivity (Wildman–Crippen MR) is 49.8 cm³/mol. The first-order valence-corrected chi connectivity index (χ1v) is 4.77. The zero-order valence-electron chi connectivity index (χ0n) is 8.12. The van der Waals surface area contributed by atoms with Gasteiger partial charge in [-0.25, -0.2) is 0 Å². The third-order valence-electron chi connectivity index (χ3n) is 2.23. The molecular weight excluding hydrogens is 152 g/mol. The monoisotopic (exact) mass is 172 g/mol. The van der Waals surface area contributed by atoms with Crippen molar-refractivity contribution in [3.8, 4) is 0 Å². The number of ether oxygens (including phenoxy) is 1. The van der Waals surface area contributed by atoms with Crippen LogP contribution in [-0.4, -0.2) is 37.4 Å². The molecule has 0 bridgehead atoms. The highest BCUT2D eigenvalue weighted by Gasteiger charge is 2.17. The Hall–Kier alpha value is -0.120. The summed E-state index contributed by atoms with van der Waals surface area (Å²) in [6.07, 6.45) is 1.31. The van der Waals surface area contributed by atoms with Gasteiger partial charge in [0, 0.05) is 13.1 Å². The quantitative estimate of drug-likeness (QED) is 0.679. The van der Waals surface area contributed by atoms with Gasteiger partial charge in [-0.05, 0) is 12.3 Å². The van der Waals surface area contributed by atoms with Crippen LogP contribution in [0.1, 0.15) is 20.3 Å². The third kappa shape index (κ3) is 3.09. The highest BCUT2D eigenvalue weighted by Crippen LogP contribution is 2.08. The molecule has 72 valence electrons. The second-order valence-corrected chi connectivity index (χ2v) is 3.85. The van der Waals surface area contributed by atoms with E-state index < -0.39 is 0 Å². The zero-order valence-corrected chi connectivity index (χ0v) is 8.12. The molecule has 0 aliphatic carbocycles. The Balaban J connectivity index is 2.24. The summed E-state index contributed by atoms with van der Waals surface area (Å²) in [6, 6.07) is 0. The van der Waals surface area contributed by atoms with E-state index in [0.717, 1.165) is 32.7 Å². The van der Waals surface area contributed by atoms with Gasteiger partial charge in [0.15, 0.2) is 0 Å². The van der Waals surface area contributed by atoms with Gasteiger partial charge in [-0.15, -0.1) is 0 Å². The van der Waals surface area contributed by atoms with Crippen molar-refractivity contribution in [2.75, 3.05) is 26.3 Å². The number of nitrogens with zero attached hydrogens (tertiary/aromatic N) is 1. The molecule has 3 heteroatoms. The molecule has 0 saturated carbocycles. The average molecular weight is 172 g/mol. The molecule has 0 aromatic rings. The fourth-order valence-corrected chi connectivity index (χ4v) is 1.54. The third-order valence-corrected chi connectivity index (χ3v) is 2.23. The first kappa shape index (κ1) is 9.96. The van der Waals surface area contributed by atoms with E-state index in [9.17, 15) is 0 Å². The van der Waals surface area contributed by atoms with Crippen LogP contribution in [0.4, 0.5) is 0 Å². The fourth-order valence-electron chi connectivity index (χ4n) is 1.54. The molecule has 0 aromatic heterocycles. The number of morpholine rings is 1. The normalized spacial score (nSPS) is 23.0. The molecule has 0 amide bonds. The van der Waals surface area contributed by atoms with E-state index in [0.29, 0.717) is 5.92 Å². The van der Waals surface area contributed by atoms with Crippen LogP contribution in [0, 0.1) is 5.92 Å². The van der Waals surface area contributed by atoms with Gasteiger partial charge in [-0.3, -0.25) is 4.90 Å². The van der Waals surface area contributed by atoms with Crippen molar-refractivity contribution in [3.05, 3.63) is 0 Å². The van der Waals surface area contributed by atoms with Crippen molar-refractivity contribution >= 4 is 0 Å². The molecule has 0 aromatic carbocycles. The van der Waals surface area contributed by atoms with E-state index in [4.69, 9.17) is 10.5 Å². The van der Waals surface area contributed by atoms with Crippen molar-refractivity contribution in [3.63, 3.8) is 0 Å². The summed E-state index contributed by atoms with van der Waals surface area (Å²) in [5.41, 5.74) is 6.02. The highest BCUT2D eigenvalue weighted by atomic mass is 16.5. The minimum atomic E-state index is 0.230. The van der Waals surface area contributed by atoms with Crippen LogP contribution < -0.4 is 5.73 Å². The lowest BCUT2D eigenvalue weighted by molar-refractivity contribution is 0.0136. The molecule has 1 heterocycles. The Bertz CT molecular complexity index is 122. The molecule has 12 heavy (non-hydrogen) atoms. The average Bonchev–Trinajstić information content (AvgIpc) is 2.05. The molecule has 1 unspecified atom stereocenters. The number of rotatable bonds is 3. The standard InChI is InChI=1S/C9H20N2O/c1-8(2)7-9(10)11-3-5-12-6-4-11/h8-9H,3-7,10H2,1-2H3. The van der Waals surface area contributed by atoms with Gasteiger partial charge in [-0.1, -0.05) is 13.8 Å². The van der Waals surface area contributed by atoms with Crippen LogP contribution in [0.2, 0.25) is 0 Å². The van der Waals surface area contributed by atoms with Crippen LogP contribution in [0.15, 0.2) is 0 Å². The maximum Gasteiger partial charge on any atom is 0.0594 e. The molecular formula is C9H20N2O. The molecule has 0 radical (unpaired) electrons. The van der Waals surface area contributed by atoms with Gasteiger partial charge in [0.05, 0.1) is 19.4 Å². The van der Waals surface area contributed by atoms with E-state index in [1.54, 1.807) is 0 Å². The number of hydrogen-bond acceptors (Lipinski definition) is 3. The molecule has 1 saturated heterocycles. The predicted octanol–water partition coefficient (Wildman–Crippen LogP) is 0.649. The summed E-state index contributed by atoms with van der Waals surface area (Å²) in [6.45, 7) is 8.08. The zero-order chi connectivity index (χ0) is 8.97. The molecule has 1 rings (SSSR count). The van der Waals surface area contributed by atoms with E-state index in [1.807, 2.05) is 0 Å². The second kappa shape index (κ2) is 4.80. The number of hydrogen-bond donors (Lipinski definition) is 1. The molecule has 1 aliphatic heterocycles. The van der Waals surface area contributed by atoms with Crippen LogP contribution in [-0.2, 0) is 4.74 Å². The lowest BCUT2D eigenvalue weighted by Crippen LogP contribution is -2.48. The smallest absolute Gasteiger partial charge is 0.0594 e. The van der Waals surface area contributed by atoms with Crippen molar-refractivity contribution in [1.29, 1.82) is 0 Å². The summed E-state index contributed by atoms with van der Waals surface area (Å²) in [7, 11) is 0. The van der Waals surface area contributed by atoms with Gasteiger partial charge >= 0.3 is 0 Å². The van der Waals surface area contributed by atoms with Crippen molar-refractivity contribution in [2.45, 2.75) is 26.4 Å². The van der Waals surface area contributed by atoms with Crippen LogP contribution >= 0.6 is 0 Å². The molecule has 1 aliphatic rings. The topological polar surface area (TPSA) is 38.5 Å². The first-order chi connectivity index (χ1) is 5.70. The van der Waals surface area contributed by atoms with Crippen LogP contribution in [0.3, 0.4) is 0 Å². The second-order valence-electron chi connectivity index (χ2n) is 3.85. The van der Waals surface area contributed by atoms with E-state index in [1.165, 1.54) is 0 Å². The minimum Gasteiger partial charge on any atom is -0.379 e. The minimum absolute atomic E-state index is 0.230. The van der Waals surface area contributed by atoms with Gasteiger partial charge in [0.2, 0.25) is 0 Å². The summed E-state index contributed by atoms with van der Waals surface area (Å²) < 4.78 is 5.26. The molecule has 1 fully saturated rings. The maximum absolute atomic E-state index is 6.02. The first-order valence-electron chi connectivity index (χ1n) is 4.77. The molecule has 1 atom stereocenters.